The highest BCUT2D eigenvalue weighted by Gasteiger charge is 2.40. The van der Waals surface area contributed by atoms with Gasteiger partial charge in [0.1, 0.15) is 24.8 Å². The Hall–Kier alpha value is -2.57. The van der Waals surface area contributed by atoms with Gasteiger partial charge in [-0.05, 0) is 19.3 Å². The minimum Gasteiger partial charge on any atom is -0.349 e. The van der Waals surface area contributed by atoms with Crippen LogP contribution in [0.4, 0.5) is 16.0 Å². The summed E-state index contributed by atoms with van der Waals surface area (Å²) in [6.45, 7) is 2.64. The van der Waals surface area contributed by atoms with Crippen LogP contribution in [0.2, 0.25) is 0 Å². The van der Waals surface area contributed by atoms with Crippen LogP contribution in [0.1, 0.15) is 37.9 Å². The zero-order chi connectivity index (χ0) is 22.7. The number of nitrogens with one attached hydrogen (secondary N) is 2. The minimum absolute atomic E-state index is 0.112. The third-order valence-electron chi connectivity index (χ3n) is 6.32. The highest BCUT2D eigenvalue weighted by Crippen LogP contribution is 2.31. The zero-order valence-corrected chi connectivity index (χ0v) is 18.0. The van der Waals surface area contributed by atoms with E-state index in [1.54, 1.807) is 11.8 Å². The molecule has 3 aliphatic rings. The monoisotopic (exact) mass is 452 g/mol. The van der Waals surface area contributed by atoms with Gasteiger partial charge in [0.2, 0.25) is 18.1 Å². The lowest BCUT2D eigenvalue weighted by Gasteiger charge is -2.23. The number of halogens is 1. The molecule has 176 valence electrons. The molecule has 0 spiro atoms. The van der Waals surface area contributed by atoms with E-state index in [4.69, 9.17) is 9.47 Å². The summed E-state index contributed by atoms with van der Waals surface area (Å²) in [6, 6.07) is 0. The predicted molar refractivity (Wildman–Crippen MR) is 110 cm³/mol. The van der Waals surface area contributed by atoms with E-state index >= 15 is 4.39 Å². The van der Waals surface area contributed by atoms with Gasteiger partial charge in [0, 0.05) is 13.1 Å². The van der Waals surface area contributed by atoms with Gasteiger partial charge in [-0.1, -0.05) is 25.7 Å². The maximum Gasteiger partial charge on any atom is 0.243 e. The fraction of sp³-hybridized carbons (Fsp3) is 0.700. The van der Waals surface area contributed by atoms with Crippen molar-refractivity contribution in [3.05, 3.63) is 11.6 Å². The first-order valence-corrected chi connectivity index (χ1v) is 10.9. The molecule has 3 heterocycles. The van der Waals surface area contributed by atoms with E-state index in [9.17, 15) is 14.8 Å². The number of aromatic nitrogens is 2. The van der Waals surface area contributed by atoms with Crippen molar-refractivity contribution in [2.45, 2.75) is 51.2 Å². The minimum atomic E-state index is -0.695. The first kappa shape index (κ1) is 22.6. The van der Waals surface area contributed by atoms with Crippen LogP contribution in [0.5, 0.6) is 0 Å². The number of hydroxylamine groups is 2. The molecule has 3 N–H and O–H groups in total. The summed E-state index contributed by atoms with van der Waals surface area (Å²) in [4.78, 5) is 33.7. The van der Waals surface area contributed by atoms with Crippen molar-refractivity contribution in [3.8, 4) is 0 Å². The Kier molecular flexibility index (Phi) is 7.01. The number of carbonyl (C=O) groups excluding carboxylic acids is 2. The smallest absolute Gasteiger partial charge is 0.243 e. The first-order chi connectivity index (χ1) is 15.4. The molecular formula is C20H29FN6O5. The van der Waals surface area contributed by atoms with Crippen LogP contribution in [0.25, 0.3) is 0 Å². The van der Waals surface area contributed by atoms with Crippen LogP contribution in [-0.2, 0) is 19.1 Å². The SMILES string of the molecule is Cc1nc(NNC(=O)[C@H](CC2CCCC2)CN(O)C=O)c(F)c(N2C[C@@H]3OCO[C@@H]3C2)n1. The number of rotatable bonds is 9. The quantitative estimate of drug-likeness (QED) is 0.285. The van der Waals surface area contributed by atoms with Gasteiger partial charge in [-0.2, -0.15) is 4.39 Å². The average molecular weight is 452 g/mol. The number of ether oxygens (including phenoxy) is 2. The fourth-order valence-electron chi connectivity index (χ4n) is 4.69. The van der Waals surface area contributed by atoms with Gasteiger partial charge < -0.3 is 14.4 Å². The lowest BCUT2D eigenvalue weighted by atomic mass is 9.92. The van der Waals surface area contributed by atoms with Crippen molar-refractivity contribution in [1.82, 2.24) is 20.5 Å². The molecule has 0 aromatic carbocycles. The first-order valence-electron chi connectivity index (χ1n) is 10.9. The molecule has 1 aromatic heterocycles. The standard InChI is InChI=1S/C20H29FN6O5/c1-12-22-18(17(21)19(23-12)26-8-15-16(9-26)32-11-31-15)24-25-20(29)14(7-27(30)10-28)6-13-4-2-3-5-13/h10,13-16,30H,2-9,11H2,1H3,(H,25,29)(H,22,23,24)/t14-,15-,16+/m1/s1. The van der Waals surface area contributed by atoms with Crippen molar-refractivity contribution in [2.24, 2.45) is 11.8 Å². The van der Waals surface area contributed by atoms with E-state index in [1.165, 1.54) is 0 Å². The lowest BCUT2D eigenvalue weighted by Crippen LogP contribution is -2.41. The lowest BCUT2D eigenvalue weighted by molar-refractivity contribution is -0.154. The zero-order valence-electron chi connectivity index (χ0n) is 18.0. The maximum absolute atomic E-state index is 15.2. The topological polar surface area (TPSA) is 129 Å². The van der Waals surface area contributed by atoms with E-state index in [2.05, 4.69) is 20.8 Å². The largest absolute Gasteiger partial charge is 0.349 e. The summed E-state index contributed by atoms with van der Waals surface area (Å²) >= 11 is 0. The number of hydrazine groups is 1. The molecular weight excluding hydrogens is 423 g/mol. The van der Waals surface area contributed by atoms with Gasteiger partial charge in [0.05, 0.1) is 12.5 Å². The predicted octanol–water partition coefficient (Wildman–Crippen LogP) is 0.973. The Morgan fingerprint density at radius 2 is 2.00 bits per heavy atom. The fourth-order valence-corrected chi connectivity index (χ4v) is 4.69. The summed E-state index contributed by atoms with van der Waals surface area (Å²) in [5, 5.41) is 10.1. The number of fused-ring (bicyclic) bond motifs is 1. The highest BCUT2D eigenvalue weighted by molar-refractivity contribution is 5.80. The van der Waals surface area contributed by atoms with Gasteiger partial charge in [0.25, 0.3) is 0 Å². The molecule has 0 bridgehead atoms. The van der Waals surface area contributed by atoms with Crippen LogP contribution in [0.3, 0.4) is 0 Å². The van der Waals surface area contributed by atoms with Crippen molar-refractivity contribution in [3.63, 3.8) is 0 Å². The molecule has 12 heteroatoms. The Balaban J connectivity index is 1.42. The number of aryl methyl sites for hydroxylation is 1. The van der Waals surface area contributed by atoms with Crippen LogP contribution < -0.4 is 15.8 Å². The van der Waals surface area contributed by atoms with E-state index in [0.717, 1.165) is 25.7 Å². The number of anilines is 2. The summed E-state index contributed by atoms with van der Waals surface area (Å²) in [5.41, 5.74) is 5.05. The number of hydrogen-bond acceptors (Lipinski definition) is 9. The maximum atomic E-state index is 15.2. The third kappa shape index (κ3) is 5.08. The van der Waals surface area contributed by atoms with E-state index in [1.807, 2.05) is 0 Å². The normalized spacial score (nSPS) is 23.8. The number of hydrogen-bond donors (Lipinski definition) is 3. The van der Waals surface area contributed by atoms with Gasteiger partial charge in [-0.25, -0.2) is 15.0 Å². The van der Waals surface area contributed by atoms with E-state index in [0.29, 0.717) is 36.3 Å². The Morgan fingerprint density at radius 3 is 2.66 bits per heavy atom. The van der Waals surface area contributed by atoms with Gasteiger partial charge in [-0.15, -0.1) is 0 Å². The highest BCUT2D eigenvalue weighted by atomic mass is 19.1. The van der Waals surface area contributed by atoms with Crippen molar-refractivity contribution in [2.75, 3.05) is 36.8 Å². The van der Waals surface area contributed by atoms with Gasteiger partial charge in [0.15, 0.2) is 11.6 Å². The average Bonchev–Trinajstić information content (AvgIpc) is 3.51. The van der Waals surface area contributed by atoms with Crippen LogP contribution >= 0.6 is 0 Å². The molecule has 32 heavy (non-hydrogen) atoms. The summed E-state index contributed by atoms with van der Waals surface area (Å²) in [7, 11) is 0. The van der Waals surface area contributed by atoms with Crippen molar-refractivity contribution < 1.29 is 28.7 Å². The molecule has 2 saturated heterocycles. The molecule has 0 unspecified atom stereocenters. The number of amides is 2. The van der Waals surface area contributed by atoms with Crippen molar-refractivity contribution in [1.29, 1.82) is 0 Å². The summed E-state index contributed by atoms with van der Waals surface area (Å²) < 4.78 is 26.1. The summed E-state index contributed by atoms with van der Waals surface area (Å²) in [5.74, 6) is -1.14. The molecule has 1 saturated carbocycles. The molecule has 3 fully saturated rings. The second-order valence-electron chi connectivity index (χ2n) is 8.61. The number of carbonyl (C=O) groups is 2. The van der Waals surface area contributed by atoms with Gasteiger partial charge >= 0.3 is 0 Å². The third-order valence-corrected chi connectivity index (χ3v) is 6.32. The molecule has 3 atom stereocenters. The Bertz CT molecular complexity index is 827. The van der Waals surface area contributed by atoms with Crippen LogP contribution in [-0.4, -0.2) is 71.2 Å². The molecule has 1 aromatic rings. The molecule has 2 amide bonds. The summed E-state index contributed by atoms with van der Waals surface area (Å²) in [6.07, 6.45) is 4.78. The molecule has 0 radical (unpaired) electrons. The van der Waals surface area contributed by atoms with Crippen molar-refractivity contribution >= 4 is 24.0 Å². The van der Waals surface area contributed by atoms with E-state index < -0.39 is 17.6 Å². The van der Waals surface area contributed by atoms with Crippen LogP contribution in [0.15, 0.2) is 0 Å². The molecule has 11 nitrogen and oxygen atoms in total. The molecule has 2 aliphatic heterocycles. The molecule has 4 rings (SSSR count). The van der Waals surface area contributed by atoms with E-state index in [-0.39, 0.29) is 43.6 Å². The molecule has 1 aliphatic carbocycles. The Morgan fingerprint density at radius 1 is 1.31 bits per heavy atom. The van der Waals surface area contributed by atoms with Gasteiger partial charge in [-0.3, -0.25) is 25.6 Å². The number of nitrogens with zero attached hydrogens (tertiary/aromatic N) is 4. The Labute approximate surface area is 185 Å². The van der Waals surface area contributed by atoms with Crippen LogP contribution in [0, 0.1) is 24.6 Å². The second kappa shape index (κ2) is 9.92. The second-order valence-corrected chi connectivity index (χ2v) is 8.61.